The molecule has 0 aliphatic carbocycles. The smallest absolute Gasteiger partial charge is 0.302 e. The molecule has 0 fully saturated rings. The minimum atomic E-state index is -0.217. The first-order valence-corrected chi connectivity index (χ1v) is 9.07. The lowest BCUT2D eigenvalue weighted by atomic mass is 10.0. The molecule has 0 amide bonds. The molecule has 128 valence electrons. The Balaban J connectivity index is 2.52. The molecule has 1 rings (SSSR count). The molecule has 0 saturated carbocycles. The number of aryl methyl sites for hydroxylation is 1. The van der Waals surface area contributed by atoms with Crippen molar-refractivity contribution >= 4 is 12.0 Å². The second-order valence-corrected chi connectivity index (χ2v) is 6.24. The van der Waals surface area contributed by atoms with E-state index < -0.39 is 0 Å². The van der Waals surface area contributed by atoms with Crippen LogP contribution in [0, 0.1) is 0 Å². The molecule has 1 aromatic carbocycles. The van der Waals surface area contributed by atoms with E-state index in [9.17, 15) is 4.79 Å². The summed E-state index contributed by atoms with van der Waals surface area (Å²) in [6.07, 6.45) is 12.0. The van der Waals surface area contributed by atoms with Crippen molar-refractivity contribution in [2.45, 2.75) is 72.1 Å². The summed E-state index contributed by atoms with van der Waals surface area (Å²) < 4.78 is 5.13. The van der Waals surface area contributed by atoms with Crippen molar-refractivity contribution < 1.29 is 9.53 Å². The number of benzene rings is 1. The molecule has 0 radical (unpaired) electrons. The van der Waals surface area contributed by atoms with E-state index in [1.165, 1.54) is 62.1 Å². The monoisotopic (exact) mass is 316 g/mol. The Morgan fingerprint density at radius 1 is 1.00 bits per heavy atom. The van der Waals surface area contributed by atoms with Gasteiger partial charge in [-0.05, 0) is 36.0 Å². The Bertz CT molecular complexity index is 471. The van der Waals surface area contributed by atoms with Gasteiger partial charge in [-0.3, -0.25) is 4.79 Å². The average Bonchev–Trinajstić information content (AvgIpc) is 2.54. The third-order valence-corrected chi connectivity index (χ3v) is 3.95. The molecule has 0 unspecified atom stereocenters. The second kappa shape index (κ2) is 11.9. The first-order chi connectivity index (χ1) is 11.2. The van der Waals surface area contributed by atoms with Gasteiger partial charge >= 0.3 is 5.97 Å². The van der Waals surface area contributed by atoms with Crippen molar-refractivity contribution in [3.8, 4) is 0 Å². The van der Waals surface area contributed by atoms with E-state index in [4.69, 9.17) is 4.74 Å². The zero-order chi connectivity index (χ0) is 16.9. The highest BCUT2D eigenvalue weighted by molar-refractivity contribution is 5.66. The highest BCUT2D eigenvalue weighted by Crippen LogP contribution is 2.15. The van der Waals surface area contributed by atoms with Crippen LogP contribution in [0.4, 0.5) is 0 Å². The van der Waals surface area contributed by atoms with Crippen molar-refractivity contribution in [1.29, 1.82) is 0 Å². The average molecular weight is 316 g/mol. The minimum Gasteiger partial charge on any atom is -0.461 e. The van der Waals surface area contributed by atoms with E-state index in [-0.39, 0.29) is 5.97 Å². The Labute approximate surface area is 141 Å². The number of unbranched alkanes of at least 4 members (excludes halogenated alkanes) is 4. The summed E-state index contributed by atoms with van der Waals surface area (Å²) in [6, 6.07) is 8.79. The van der Waals surface area contributed by atoms with E-state index in [2.05, 4.69) is 44.2 Å². The van der Waals surface area contributed by atoms with E-state index in [0.29, 0.717) is 6.61 Å². The van der Waals surface area contributed by atoms with Crippen molar-refractivity contribution in [2.24, 2.45) is 0 Å². The van der Waals surface area contributed by atoms with Crippen molar-refractivity contribution in [1.82, 2.24) is 0 Å². The molecule has 0 aliphatic rings. The van der Waals surface area contributed by atoms with E-state index in [0.717, 1.165) is 12.8 Å². The lowest BCUT2D eigenvalue weighted by Crippen LogP contribution is -2.03. The molecule has 0 N–H and O–H groups in total. The number of carbonyl (C=O) groups excluding carboxylic acids is 1. The van der Waals surface area contributed by atoms with Gasteiger partial charge in [0.05, 0.1) is 0 Å². The minimum absolute atomic E-state index is 0.217. The van der Waals surface area contributed by atoms with Crippen LogP contribution in [0.3, 0.4) is 0 Å². The van der Waals surface area contributed by atoms with Crippen LogP contribution >= 0.6 is 0 Å². The van der Waals surface area contributed by atoms with Crippen molar-refractivity contribution in [3.05, 3.63) is 41.0 Å². The topological polar surface area (TPSA) is 26.3 Å². The van der Waals surface area contributed by atoms with E-state index in [1.54, 1.807) is 0 Å². The maximum Gasteiger partial charge on any atom is 0.302 e. The summed E-state index contributed by atoms with van der Waals surface area (Å²) in [4.78, 5) is 11.0. The third kappa shape index (κ3) is 9.22. The van der Waals surface area contributed by atoms with Gasteiger partial charge in [0.1, 0.15) is 6.61 Å². The van der Waals surface area contributed by atoms with Crippen LogP contribution in [-0.2, 0) is 16.0 Å². The Morgan fingerprint density at radius 3 is 2.30 bits per heavy atom. The molecular formula is C21H32O2. The van der Waals surface area contributed by atoms with Crippen LogP contribution < -0.4 is 0 Å². The molecule has 0 aliphatic heterocycles. The Morgan fingerprint density at radius 2 is 1.70 bits per heavy atom. The normalized spacial score (nSPS) is 11.5. The second-order valence-electron chi connectivity index (χ2n) is 6.24. The molecule has 2 heteroatoms. The van der Waals surface area contributed by atoms with Crippen LogP contribution in [0.1, 0.15) is 76.8 Å². The number of hydrogen-bond acceptors (Lipinski definition) is 2. The van der Waals surface area contributed by atoms with Gasteiger partial charge < -0.3 is 4.74 Å². The quantitative estimate of drug-likeness (QED) is 0.372. The molecular weight excluding hydrogens is 284 g/mol. The first kappa shape index (κ1) is 19.5. The van der Waals surface area contributed by atoms with Gasteiger partial charge in [-0.25, -0.2) is 0 Å². The standard InChI is InChI=1S/C21H32O2/c1-4-6-7-8-9-11-19-12-14-20(15-13-19)16-21(10-5-2)17-23-18(3)22/h12-16H,4-11,17H2,1-3H3/b21-16+. The fraction of sp³-hybridized carbons (Fsp3) is 0.571. The first-order valence-electron chi connectivity index (χ1n) is 9.07. The Hall–Kier alpha value is -1.57. The van der Waals surface area contributed by atoms with Gasteiger partial charge in [0.25, 0.3) is 0 Å². The zero-order valence-electron chi connectivity index (χ0n) is 15.1. The fourth-order valence-corrected chi connectivity index (χ4v) is 2.65. The predicted molar refractivity (Wildman–Crippen MR) is 98.4 cm³/mol. The van der Waals surface area contributed by atoms with E-state index in [1.807, 2.05) is 0 Å². The zero-order valence-corrected chi connectivity index (χ0v) is 15.1. The van der Waals surface area contributed by atoms with Crippen LogP contribution in [0.25, 0.3) is 6.08 Å². The van der Waals surface area contributed by atoms with Crippen LogP contribution in [-0.4, -0.2) is 12.6 Å². The highest BCUT2D eigenvalue weighted by atomic mass is 16.5. The van der Waals surface area contributed by atoms with Crippen LogP contribution in [0.15, 0.2) is 29.8 Å². The van der Waals surface area contributed by atoms with Gasteiger partial charge in [0, 0.05) is 6.92 Å². The largest absolute Gasteiger partial charge is 0.461 e. The molecule has 0 bridgehead atoms. The van der Waals surface area contributed by atoms with Crippen LogP contribution in [0.2, 0.25) is 0 Å². The third-order valence-electron chi connectivity index (χ3n) is 3.95. The molecule has 0 heterocycles. The SMILES string of the molecule is CCCCCCCc1ccc(/C=C(\CCC)COC(C)=O)cc1. The molecule has 1 aromatic rings. The molecule has 0 atom stereocenters. The van der Waals surface area contributed by atoms with Crippen molar-refractivity contribution in [3.63, 3.8) is 0 Å². The van der Waals surface area contributed by atoms with Gasteiger partial charge in [-0.1, -0.05) is 76.3 Å². The molecule has 0 saturated heterocycles. The highest BCUT2D eigenvalue weighted by Gasteiger charge is 2.01. The lowest BCUT2D eigenvalue weighted by molar-refractivity contribution is -0.140. The van der Waals surface area contributed by atoms with Gasteiger partial charge in [0.15, 0.2) is 0 Å². The fourth-order valence-electron chi connectivity index (χ4n) is 2.65. The maximum atomic E-state index is 11.0. The van der Waals surface area contributed by atoms with Gasteiger partial charge in [-0.2, -0.15) is 0 Å². The molecule has 23 heavy (non-hydrogen) atoms. The number of carbonyl (C=O) groups is 1. The molecule has 2 nitrogen and oxygen atoms in total. The summed E-state index contributed by atoms with van der Waals surface area (Å²) in [5, 5.41) is 0. The number of rotatable bonds is 11. The van der Waals surface area contributed by atoms with Gasteiger partial charge in [0.2, 0.25) is 0 Å². The summed E-state index contributed by atoms with van der Waals surface area (Å²) in [7, 11) is 0. The Kier molecular flexibility index (Phi) is 10.1. The number of hydrogen-bond donors (Lipinski definition) is 0. The molecule has 0 spiro atoms. The summed E-state index contributed by atoms with van der Waals surface area (Å²) in [6.45, 7) is 6.25. The van der Waals surface area contributed by atoms with E-state index >= 15 is 0 Å². The number of ether oxygens (including phenoxy) is 1. The summed E-state index contributed by atoms with van der Waals surface area (Å²) in [5.74, 6) is -0.217. The van der Waals surface area contributed by atoms with Gasteiger partial charge in [-0.15, -0.1) is 0 Å². The molecule has 0 aromatic heterocycles. The predicted octanol–water partition coefficient (Wildman–Crippen LogP) is 5.95. The maximum absolute atomic E-state index is 11.0. The summed E-state index contributed by atoms with van der Waals surface area (Å²) >= 11 is 0. The van der Waals surface area contributed by atoms with Crippen LogP contribution in [0.5, 0.6) is 0 Å². The lowest BCUT2D eigenvalue weighted by Gasteiger charge is -2.07. The summed E-state index contributed by atoms with van der Waals surface area (Å²) in [5.41, 5.74) is 3.78. The number of esters is 1. The van der Waals surface area contributed by atoms with Crippen molar-refractivity contribution in [2.75, 3.05) is 6.61 Å².